The molecule has 2 aromatic rings. The van der Waals surface area contributed by atoms with Crippen LogP contribution in [0.4, 0.5) is 5.69 Å². The molecule has 0 amide bonds. The Labute approximate surface area is 129 Å². The van der Waals surface area contributed by atoms with Crippen LogP contribution in [0.15, 0.2) is 53.0 Å². The monoisotopic (exact) mass is 333 g/mol. The second-order valence-corrected chi connectivity index (χ2v) is 5.84. The molecule has 0 aliphatic rings. The van der Waals surface area contributed by atoms with E-state index >= 15 is 0 Å². The van der Waals surface area contributed by atoms with E-state index in [1.54, 1.807) is 6.92 Å². The highest BCUT2D eigenvalue weighted by Crippen LogP contribution is 2.29. The Balaban J connectivity index is 2.27. The smallest absolute Gasteiger partial charge is 0.0781 e. The summed E-state index contributed by atoms with van der Waals surface area (Å²) in [4.78, 5) is 0. The van der Waals surface area contributed by atoms with Gasteiger partial charge in [0.15, 0.2) is 0 Å². The van der Waals surface area contributed by atoms with Crippen molar-refractivity contribution in [1.82, 2.24) is 0 Å². The van der Waals surface area contributed by atoms with Crippen LogP contribution in [0.2, 0.25) is 0 Å². The average Bonchev–Trinajstić information content (AvgIpc) is 2.45. The van der Waals surface area contributed by atoms with Gasteiger partial charge in [-0.3, -0.25) is 0 Å². The molecule has 0 saturated heterocycles. The number of anilines is 1. The first-order valence-corrected chi connectivity index (χ1v) is 7.70. The molecule has 0 bridgehead atoms. The quantitative estimate of drug-likeness (QED) is 0.800. The highest BCUT2D eigenvalue weighted by molar-refractivity contribution is 9.10. The number of rotatable bonds is 5. The topological polar surface area (TPSA) is 32.3 Å². The van der Waals surface area contributed by atoms with Gasteiger partial charge in [-0.1, -0.05) is 53.2 Å². The number of nitrogens with one attached hydrogen (secondary N) is 1. The molecule has 0 aromatic heterocycles. The van der Waals surface area contributed by atoms with E-state index in [0.717, 1.165) is 22.1 Å². The van der Waals surface area contributed by atoms with Gasteiger partial charge in [0.05, 0.1) is 12.1 Å². The van der Waals surface area contributed by atoms with Crippen LogP contribution in [0, 0.1) is 0 Å². The third kappa shape index (κ3) is 3.62. The van der Waals surface area contributed by atoms with E-state index in [1.165, 1.54) is 5.56 Å². The van der Waals surface area contributed by atoms with Gasteiger partial charge < -0.3 is 10.4 Å². The van der Waals surface area contributed by atoms with Gasteiger partial charge in [0.25, 0.3) is 0 Å². The standard InChI is InChI=1S/C17H20BrNO/c1-3-16(13-7-6-8-14(18)11-13)19-17-10-5-4-9-15(17)12(2)20/h4-12,16,19-20H,3H2,1-2H3. The summed E-state index contributed by atoms with van der Waals surface area (Å²) in [6.07, 6.45) is 0.503. The van der Waals surface area contributed by atoms with Gasteiger partial charge in [0, 0.05) is 15.7 Å². The first kappa shape index (κ1) is 15.1. The summed E-state index contributed by atoms with van der Waals surface area (Å²) in [5.41, 5.74) is 3.16. The summed E-state index contributed by atoms with van der Waals surface area (Å²) < 4.78 is 1.08. The fourth-order valence-electron chi connectivity index (χ4n) is 2.32. The Hall–Kier alpha value is -1.32. The zero-order valence-electron chi connectivity index (χ0n) is 11.8. The average molecular weight is 334 g/mol. The van der Waals surface area contributed by atoms with Crippen LogP contribution in [-0.4, -0.2) is 5.11 Å². The molecule has 0 fully saturated rings. The van der Waals surface area contributed by atoms with Crippen molar-refractivity contribution >= 4 is 21.6 Å². The highest BCUT2D eigenvalue weighted by atomic mass is 79.9. The number of benzene rings is 2. The highest BCUT2D eigenvalue weighted by Gasteiger charge is 2.13. The number of aliphatic hydroxyl groups is 1. The zero-order chi connectivity index (χ0) is 14.5. The number of para-hydroxylation sites is 1. The Bertz CT molecular complexity index is 568. The summed E-state index contributed by atoms with van der Waals surface area (Å²) in [5.74, 6) is 0. The molecule has 3 heteroatoms. The molecule has 2 nitrogen and oxygen atoms in total. The molecule has 20 heavy (non-hydrogen) atoms. The first-order chi connectivity index (χ1) is 9.61. The van der Waals surface area contributed by atoms with Crippen molar-refractivity contribution in [2.45, 2.75) is 32.4 Å². The van der Waals surface area contributed by atoms with Gasteiger partial charge in [-0.2, -0.15) is 0 Å². The van der Waals surface area contributed by atoms with E-state index < -0.39 is 6.10 Å². The van der Waals surface area contributed by atoms with Gasteiger partial charge in [-0.25, -0.2) is 0 Å². The minimum absolute atomic E-state index is 0.229. The molecule has 0 saturated carbocycles. The number of hydrogen-bond acceptors (Lipinski definition) is 2. The summed E-state index contributed by atoms with van der Waals surface area (Å²) in [6.45, 7) is 3.95. The molecule has 0 spiro atoms. The lowest BCUT2D eigenvalue weighted by Gasteiger charge is -2.22. The predicted molar refractivity (Wildman–Crippen MR) is 87.9 cm³/mol. The maximum absolute atomic E-state index is 9.86. The molecule has 106 valence electrons. The van der Waals surface area contributed by atoms with Crippen molar-refractivity contribution in [3.63, 3.8) is 0 Å². The maximum Gasteiger partial charge on any atom is 0.0781 e. The summed E-state index contributed by atoms with van der Waals surface area (Å²) in [5, 5.41) is 13.4. The normalized spacial score (nSPS) is 13.8. The lowest BCUT2D eigenvalue weighted by atomic mass is 10.0. The van der Waals surface area contributed by atoms with Crippen molar-refractivity contribution < 1.29 is 5.11 Å². The first-order valence-electron chi connectivity index (χ1n) is 6.90. The molecular formula is C17H20BrNO. The van der Waals surface area contributed by atoms with Crippen molar-refractivity contribution in [2.75, 3.05) is 5.32 Å². The molecule has 0 aliphatic heterocycles. The lowest BCUT2D eigenvalue weighted by molar-refractivity contribution is 0.200. The molecule has 2 N–H and O–H groups in total. The Morgan fingerprint density at radius 2 is 1.90 bits per heavy atom. The van der Waals surface area contributed by atoms with E-state index in [-0.39, 0.29) is 6.04 Å². The largest absolute Gasteiger partial charge is 0.389 e. The van der Waals surface area contributed by atoms with Crippen molar-refractivity contribution in [3.05, 3.63) is 64.1 Å². The minimum atomic E-state index is -0.473. The Morgan fingerprint density at radius 1 is 1.15 bits per heavy atom. The molecule has 0 heterocycles. The minimum Gasteiger partial charge on any atom is -0.389 e. The van der Waals surface area contributed by atoms with Crippen LogP contribution in [0.3, 0.4) is 0 Å². The van der Waals surface area contributed by atoms with Crippen LogP contribution in [0.5, 0.6) is 0 Å². The summed E-state index contributed by atoms with van der Waals surface area (Å²) in [6, 6.07) is 16.5. The van der Waals surface area contributed by atoms with Crippen molar-refractivity contribution in [1.29, 1.82) is 0 Å². The zero-order valence-corrected chi connectivity index (χ0v) is 13.4. The lowest BCUT2D eigenvalue weighted by Crippen LogP contribution is -2.11. The van der Waals surface area contributed by atoms with Gasteiger partial charge >= 0.3 is 0 Å². The Kier molecular flexibility index (Phi) is 5.21. The van der Waals surface area contributed by atoms with Gasteiger partial charge in [-0.15, -0.1) is 0 Å². The van der Waals surface area contributed by atoms with Crippen LogP contribution < -0.4 is 5.32 Å². The fourth-order valence-corrected chi connectivity index (χ4v) is 2.74. The van der Waals surface area contributed by atoms with Crippen LogP contribution in [0.25, 0.3) is 0 Å². The third-order valence-corrected chi connectivity index (χ3v) is 3.89. The molecular weight excluding hydrogens is 314 g/mol. The van der Waals surface area contributed by atoms with Crippen molar-refractivity contribution in [3.8, 4) is 0 Å². The maximum atomic E-state index is 9.86. The molecule has 2 atom stereocenters. The molecule has 2 aromatic carbocycles. The molecule has 0 aliphatic carbocycles. The summed E-state index contributed by atoms with van der Waals surface area (Å²) in [7, 11) is 0. The predicted octanol–water partition coefficient (Wildman–Crippen LogP) is 5.07. The molecule has 0 radical (unpaired) electrons. The van der Waals surface area contributed by atoms with Crippen LogP contribution >= 0.6 is 15.9 Å². The fraction of sp³-hybridized carbons (Fsp3) is 0.294. The second kappa shape index (κ2) is 6.91. The number of halogens is 1. The number of hydrogen-bond donors (Lipinski definition) is 2. The third-order valence-electron chi connectivity index (χ3n) is 3.40. The van der Waals surface area contributed by atoms with Gasteiger partial charge in [-0.05, 0) is 37.1 Å². The van der Waals surface area contributed by atoms with E-state index in [2.05, 4.69) is 40.3 Å². The van der Waals surface area contributed by atoms with Crippen molar-refractivity contribution in [2.24, 2.45) is 0 Å². The second-order valence-electron chi connectivity index (χ2n) is 4.92. The van der Waals surface area contributed by atoms with E-state index in [0.29, 0.717) is 0 Å². The van der Waals surface area contributed by atoms with Gasteiger partial charge in [0.1, 0.15) is 0 Å². The van der Waals surface area contributed by atoms with Gasteiger partial charge in [0.2, 0.25) is 0 Å². The van der Waals surface area contributed by atoms with Crippen LogP contribution in [-0.2, 0) is 0 Å². The SMILES string of the molecule is CCC(Nc1ccccc1C(C)O)c1cccc(Br)c1. The molecule has 2 unspecified atom stereocenters. The van der Waals surface area contributed by atoms with Crippen LogP contribution in [0.1, 0.15) is 43.5 Å². The Morgan fingerprint density at radius 3 is 2.55 bits per heavy atom. The van der Waals surface area contributed by atoms with E-state index in [9.17, 15) is 5.11 Å². The van der Waals surface area contributed by atoms with E-state index in [4.69, 9.17) is 0 Å². The summed E-state index contributed by atoms with van der Waals surface area (Å²) >= 11 is 3.51. The van der Waals surface area contributed by atoms with E-state index in [1.807, 2.05) is 36.4 Å². The molecule has 2 rings (SSSR count). The number of aliphatic hydroxyl groups excluding tert-OH is 1.